The average Bonchev–Trinajstić information content (AvgIpc) is 2.73. The van der Waals surface area contributed by atoms with Crippen molar-refractivity contribution in [1.82, 2.24) is 14.5 Å². The Balaban J connectivity index is 2.49. The van der Waals surface area contributed by atoms with E-state index in [1.807, 2.05) is 0 Å². The Morgan fingerprint density at radius 2 is 2.00 bits per heavy atom. The summed E-state index contributed by atoms with van der Waals surface area (Å²) < 4.78 is 39.8. The molecule has 1 atom stereocenters. The monoisotopic (exact) mass is 257 g/mol. The van der Waals surface area contributed by atoms with Gasteiger partial charge < -0.3 is 9.67 Å². The van der Waals surface area contributed by atoms with E-state index in [-0.39, 0.29) is 11.3 Å². The molecule has 0 aliphatic heterocycles. The van der Waals surface area contributed by atoms with Gasteiger partial charge in [-0.2, -0.15) is 13.2 Å². The molecule has 18 heavy (non-hydrogen) atoms. The minimum absolute atomic E-state index is 0.272. The van der Waals surface area contributed by atoms with Crippen molar-refractivity contribution < 1.29 is 18.3 Å². The summed E-state index contributed by atoms with van der Waals surface area (Å²) in [7, 11) is 1.59. The second kappa shape index (κ2) is 4.41. The maximum atomic E-state index is 12.8. The summed E-state index contributed by atoms with van der Waals surface area (Å²) in [5, 5.41) is 10.0. The van der Waals surface area contributed by atoms with E-state index in [0.29, 0.717) is 0 Å². The molecule has 0 aromatic carbocycles. The van der Waals surface area contributed by atoms with Crippen LogP contribution in [0, 0.1) is 0 Å². The molecule has 0 saturated carbocycles. The van der Waals surface area contributed by atoms with Gasteiger partial charge in [0.1, 0.15) is 6.10 Å². The smallest absolute Gasteiger partial charge is 0.382 e. The number of aliphatic hydroxyl groups is 1. The lowest BCUT2D eigenvalue weighted by Gasteiger charge is -2.17. The van der Waals surface area contributed by atoms with E-state index in [1.165, 1.54) is 17.1 Å². The number of imidazole rings is 1. The highest BCUT2D eigenvalue weighted by molar-refractivity contribution is 5.32. The van der Waals surface area contributed by atoms with Crippen LogP contribution in [0.15, 0.2) is 31.0 Å². The molecule has 0 fully saturated rings. The van der Waals surface area contributed by atoms with Crippen LogP contribution in [0.1, 0.15) is 22.9 Å². The molecule has 0 amide bonds. The maximum Gasteiger partial charge on any atom is 0.416 e. The molecule has 2 rings (SSSR count). The van der Waals surface area contributed by atoms with E-state index in [9.17, 15) is 18.3 Å². The van der Waals surface area contributed by atoms with Crippen molar-refractivity contribution >= 4 is 0 Å². The summed E-state index contributed by atoms with van der Waals surface area (Å²) in [4.78, 5) is 7.39. The number of aromatic nitrogens is 3. The van der Waals surface area contributed by atoms with Gasteiger partial charge in [0.25, 0.3) is 0 Å². The summed E-state index contributed by atoms with van der Waals surface area (Å²) in [5.74, 6) is 0. The third-order valence-corrected chi connectivity index (χ3v) is 2.59. The first-order valence-electron chi connectivity index (χ1n) is 5.06. The van der Waals surface area contributed by atoms with Crippen LogP contribution in [-0.4, -0.2) is 19.6 Å². The minimum Gasteiger partial charge on any atom is -0.382 e. The summed E-state index contributed by atoms with van der Waals surface area (Å²) >= 11 is 0. The molecule has 4 nitrogen and oxygen atoms in total. The first-order valence-corrected chi connectivity index (χ1v) is 5.06. The molecule has 2 aromatic heterocycles. The van der Waals surface area contributed by atoms with Gasteiger partial charge in [-0.05, 0) is 6.07 Å². The lowest BCUT2D eigenvalue weighted by molar-refractivity contribution is -0.139. The lowest BCUT2D eigenvalue weighted by Crippen LogP contribution is -2.14. The van der Waals surface area contributed by atoms with Crippen molar-refractivity contribution in [1.29, 1.82) is 0 Å². The molecule has 1 N–H and O–H groups in total. The Labute approximate surface area is 101 Å². The number of rotatable bonds is 2. The van der Waals surface area contributed by atoms with E-state index in [2.05, 4.69) is 9.97 Å². The van der Waals surface area contributed by atoms with E-state index in [4.69, 9.17) is 0 Å². The molecule has 2 aromatic rings. The zero-order chi connectivity index (χ0) is 13.3. The van der Waals surface area contributed by atoms with Crippen molar-refractivity contribution in [3.8, 4) is 0 Å². The number of aliphatic hydroxyl groups excluding tert-OH is 1. The largest absolute Gasteiger partial charge is 0.416 e. The summed E-state index contributed by atoms with van der Waals surface area (Å²) in [6.45, 7) is 0. The van der Waals surface area contributed by atoms with Crippen LogP contribution in [0.25, 0.3) is 0 Å². The van der Waals surface area contributed by atoms with Crippen molar-refractivity contribution in [2.24, 2.45) is 7.05 Å². The highest BCUT2D eigenvalue weighted by atomic mass is 19.4. The number of nitrogens with zero attached hydrogens (tertiary/aromatic N) is 3. The van der Waals surface area contributed by atoms with Gasteiger partial charge in [0.15, 0.2) is 0 Å². The fourth-order valence-corrected chi connectivity index (χ4v) is 1.67. The fraction of sp³-hybridized carbons (Fsp3) is 0.273. The Kier molecular flexibility index (Phi) is 3.08. The zero-order valence-corrected chi connectivity index (χ0v) is 9.39. The molecule has 0 aliphatic carbocycles. The van der Waals surface area contributed by atoms with Crippen LogP contribution in [-0.2, 0) is 13.2 Å². The summed E-state index contributed by atoms with van der Waals surface area (Å²) in [5.41, 5.74) is -0.909. The van der Waals surface area contributed by atoms with Crippen molar-refractivity contribution in [2.75, 3.05) is 0 Å². The van der Waals surface area contributed by atoms with Gasteiger partial charge in [0.2, 0.25) is 0 Å². The molecule has 7 heteroatoms. The van der Waals surface area contributed by atoms with Gasteiger partial charge in [-0.15, -0.1) is 0 Å². The maximum absolute atomic E-state index is 12.8. The summed E-state index contributed by atoms with van der Waals surface area (Å²) in [6.07, 6.45) is -1.16. The highest BCUT2D eigenvalue weighted by Crippen LogP contribution is 2.35. The normalized spacial score (nSPS) is 13.6. The topological polar surface area (TPSA) is 50.9 Å². The van der Waals surface area contributed by atoms with Crippen LogP contribution < -0.4 is 0 Å². The highest BCUT2D eigenvalue weighted by Gasteiger charge is 2.35. The van der Waals surface area contributed by atoms with Gasteiger partial charge >= 0.3 is 6.18 Å². The van der Waals surface area contributed by atoms with E-state index in [1.54, 1.807) is 7.05 Å². The Morgan fingerprint density at radius 1 is 1.28 bits per heavy atom. The fourth-order valence-electron chi connectivity index (χ4n) is 1.67. The first-order chi connectivity index (χ1) is 8.41. The van der Waals surface area contributed by atoms with E-state index in [0.717, 1.165) is 18.5 Å². The Hall–Kier alpha value is -1.89. The number of aryl methyl sites for hydroxylation is 1. The molecule has 0 radical (unpaired) electrons. The van der Waals surface area contributed by atoms with E-state index >= 15 is 0 Å². The molecule has 0 spiro atoms. The second-order valence-corrected chi connectivity index (χ2v) is 3.79. The van der Waals surface area contributed by atoms with Crippen molar-refractivity contribution in [3.63, 3.8) is 0 Å². The van der Waals surface area contributed by atoms with Gasteiger partial charge in [0.05, 0.1) is 23.8 Å². The number of pyridine rings is 1. The molecule has 96 valence electrons. The Morgan fingerprint density at radius 3 is 2.56 bits per heavy atom. The number of hydrogen-bond donors (Lipinski definition) is 1. The molecule has 2 heterocycles. The van der Waals surface area contributed by atoms with Crippen LogP contribution in [0.4, 0.5) is 13.2 Å². The third kappa shape index (κ3) is 2.21. The first kappa shape index (κ1) is 12.6. The number of alkyl halides is 3. The molecule has 0 aliphatic rings. The molecule has 0 saturated heterocycles. The quantitative estimate of drug-likeness (QED) is 0.894. The second-order valence-electron chi connectivity index (χ2n) is 3.79. The number of halogens is 3. The SMILES string of the molecule is Cn1cncc1C(O)c1cnccc1C(F)(F)F. The lowest BCUT2D eigenvalue weighted by atomic mass is 10.0. The van der Waals surface area contributed by atoms with Gasteiger partial charge in [-0.3, -0.25) is 4.98 Å². The van der Waals surface area contributed by atoms with E-state index < -0.39 is 17.8 Å². The van der Waals surface area contributed by atoms with Crippen molar-refractivity contribution in [3.05, 3.63) is 47.8 Å². The number of hydrogen-bond acceptors (Lipinski definition) is 3. The zero-order valence-electron chi connectivity index (χ0n) is 9.39. The van der Waals surface area contributed by atoms with Crippen molar-refractivity contribution in [2.45, 2.75) is 12.3 Å². The van der Waals surface area contributed by atoms with Gasteiger partial charge in [0, 0.05) is 25.0 Å². The predicted molar refractivity (Wildman–Crippen MR) is 56.5 cm³/mol. The standard InChI is InChI=1S/C11H10F3N3O/c1-17-6-16-5-9(17)10(18)7-4-15-3-2-8(7)11(12,13)14/h2-6,10,18H,1H3. The van der Waals surface area contributed by atoms with Gasteiger partial charge in [-0.1, -0.05) is 0 Å². The summed E-state index contributed by atoms with van der Waals surface area (Å²) in [6, 6.07) is 0.842. The van der Waals surface area contributed by atoms with Crippen LogP contribution >= 0.6 is 0 Å². The molecule has 0 bridgehead atoms. The third-order valence-electron chi connectivity index (χ3n) is 2.59. The molecule has 1 unspecified atom stereocenters. The average molecular weight is 257 g/mol. The van der Waals surface area contributed by atoms with Crippen LogP contribution in [0.5, 0.6) is 0 Å². The molecular weight excluding hydrogens is 247 g/mol. The van der Waals surface area contributed by atoms with Crippen LogP contribution in [0.3, 0.4) is 0 Å². The molecular formula is C11H10F3N3O. The predicted octanol–water partition coefficient (Wildman–Crippen LogP) is 1.92. The Bertz CT molecular complexity index is 550. The van der Waals surface area contributed by atoms with Gasteiger partial charge in [-0.25, -0.2) is 4.98 Å². The van der Waals surface area contributed by atoms with Crippen LogP contribution in [0.2, 0.25) is 0 Å². The minimum atomic E-state index is -4.53.